The molecule has 0 aliphatic rings. The van der Waals surface area contributed by atoms with Crippen LogP contribution < -0.4 is 16.0 Å². The van der Waals surface area contributed by atoms with Crippen LogP contribution in [0, 0.1) is 10.5 Å². The highest BCUT2D eigenvalue weighted by Gasteiger charge is 2.09. The highest BCUT2D eigenvalue weighted by molar-refractivity contribution is 14.1. The lowest BCUT2D eigenvalue weighted by Crippen LogP contribution is -2.22. The third-order valence-corrected chi connectivity index (χ3v) is 5.06. The summed E-state index contributed by atoms with van der Waals surface area (Å²) >= 11 is 2.18. The highest BCUT2D eigenvalue weighted by atomic mass is 127. The Labute approximate surface area is 177 Å². The molecule has 2 amide bonds. The van der Waals surface area contributed by atoms with Crippen molar-refractivity contribution in [2.75, 3.05) is 22.5 Å². The van der Waals surface area contributed by atoms with Crippen molar-refractivity contribution < 1.29 is 9.59 Å². The van der Waals surface area contributed by atoms with Gasteiger partial charge in [0.1, 0.15) is 0 Å². The number of amides is 2. The third-order valence-electron chi connectivity index (χ3n) is 4.12. The van der Waals surface area contributed by atoms with Gasteiger partial charge in [-0.1, -0.05) is 36.4 Å². The van der Waals surface area contributed by atoms with Crippen LogP contribution in [-0.4, -0.2) is 18.4 Å². The van der Waals surface area contributed by atoms with Crippen molar-refractivity contribution in [3.63, 3.8) is 0 Å². The van der Waals surface area contributed by atoms with Crippen molar-refractivity contribution in [3.05, 3.63) is 87.5 Å². The summed E-state index contributed by atoms with van der Waals surface area (Å²) in [6, 6.07) is 22.2. The first-order valence-corrected chi connectivity index (χ1v) is 9.86. The van der Waals surface area contributed by atoms with Crippen LogP contribution in [-0.2, 0) is 4.79 Å². The number of carbonyl (C=O) groups is 2. The van der Waals surface area contributed by atoms with Gasteiger partial charge in [0.15, 0.2) is 0 Å². The number of aryl methyl sites for hydroxylation is 1. The molecule has 0 heterocycles. The van der Waals surface area contributed by atoms with Gasteiger partial charge in [0.25, 0.3) is 5.91 Å². The molecule has 0 aromatic heterocycles. The summed E-state index contributed by atoms with van der Waals surface area (Å²) in [5.41, 5.74) is 3.83. The molecular weight excluding hydrogens is 465 g/mol. The van der Waals surface area contributed by atoms with Crippen LogP contribution in [0.1, 0.15) is 15.9 Å². The van der Waals surface area contributed by atoms with Crippen molar-refractivity contribution in [1.82, 2.24) is 0 Å². The Morgan fingerprint density at radius 1 is 0.857 bits per heavy atom. The molecule has 3 aromatic rings. The van der Waals surface area contributed by atoms with E-state index in [1.807, 2.05) is 67.6 Å². The summed E-state index contributed by atoms with van der Waals surface area (Å²) in [7, 11) is 0. The molecule has 0 bridgehead atoms. The fourth-order valence-electron chi connectivity index (χ4n) is 2.62. The van der Waals surface area contributed by atoms with Gasteiger partial charge < -0.3 is 16.0 Å². The predicted octanol–water partition coefficient (Wildman–Crippen LogP) is 4.90. The molecule has 0 saturated heterocycles. The van der Waals surface area contributed by atoms with Crippen LogP contribution in [0.2, 0.25) is 0 Å². The topological polar surface area (TPSA) is 70.2 Å². The van der Waals surface area contributed by atoms with Crippen LogP contribution in [0.25, 0.3) is 0 Å². The summed E-state index contributed by atoms with van der Waals surface area (Å²) in [5.74, 6) is -0.311. The molecule has 0 radical (unpaired) electrons. The average molecular weight is 485 g/mol. The number of benzene rings is 3. The second-order valence-corrected chi connectivity index (χ2v) is 7.39. The Balaban J connectivity index is 1.62. The van der Waals surface area contributed by atoms with E-state index in [1.165, 1.54) is 0 Å². The molecule has 0 aliphatic carbocycles. The monoisotopic (exact) mass is 485 g/mol. The molecule has 0 unspecified atom stereocenters. The van der Waals surface area contributed by atoms with Gasteiger partial charge in [0.2, 0.25) is 5.91 Å². The van der Waals surface area contributed by atoms with Gasteiger partial charge in [-0.05, 0) is 71.5 Å². The van der Waals surface area contributed by atoms with Crippen molar-refractivity contribution in [2.24, 2.45) is 0 Å². The number of para-hydroxylation sites is 1. The summed E-state index contributed by atoms with van der Waals surface area (Å²) in [5, 5.41) is 8.91. The highest BCUT2D eigenvalue weighted by Crippen LogP contribution is 2.21. The molecule has 28 heavy (non-hydrogen) atoms. The van der Waals surface area contributed by atoms with E-state index >= 15 is 0 Å². The van der Waals surface area contributed by atoms with E-state index in [1.54, 1.807) is 12.1 Å². The Morgan fingerprint density at radius 3 is 2.32 bits per heavy atom. The van der Waals surface area contributed by atoms with Gasteiger partial charge in [0, 0.05) is 20.5 Å². The van der Waals surface area contributed by atoms with E-state index in [0.29, 0.717) is 11.3 Å². The molecule has 142 valence electrons. The molecular formula is C22H20IN3O2. The summed E-state index contributed by atoms with van der Waals surface area (Å²) in [6.45, 7) is 2.07. The van der Waals surface area contributed by atoms with Gasteiger partial charge in [-0.25, -0.2) is 0 Å². The minimum atomic E-state index is -0.174. The zero-order chi connectivity index (χ0) is 19.9. The fraction of sp³-hybridized carbons (Fsp3) is 0.0909. The number of hydrogen-bond acceptors (Lipinski definition) is 3. The Kier molecular flexibility index (Phi) is 6.65. The van der Waals surface area contributed by atoms with E-state index in [9.17, 15) is 9.59 Å². The molecule has 0 spiro atoms. The normalized spacial score (nSPS) is 10.2. The van der Waals surface area contributed by atoms with Crippen LogP contribution in [0.15, 0.2) is 72.8 Å². The minimum absolute atomic E-state index is 0.127. The quantitative estimate of drug-likeness (QED) is 0.435. The average Bonchev–Trinajstić information content (AvgIpc) is 2.71. The zero-order valence-corrected chi connectivity index (χ0v) is 17.5. The van der Waals surface area contributed by atoms with Crippen molar-refractivity contribution in [1.29, 1.82) is 0 Å². The summed E-state index contributed by atoms with van der Waals surface area (Å²) in [4.78, 5) is 24.6. The first-order chi connectivity index (χ1) is 13.5. The number of anilines is 3. The maximum atomic E-state index is 12.3. The van der Waals surface area contributed by atoms with Crippen LogP contribution in [0.4, 0.5) is 17.1 Å². The van der Waals surface area contributed by atoms with Gasteiger partial charge in [0.05, 0.1) is 12.2 Å². The van der Waals surface area contributed by atoms with Gasteiger partial charge >= 0.3 is 0 Å². The van der Waals surface area contributed by atoms with E-state index < -0.39 is 0 Å². The number of rotatable bonds is 6. The predicted molar refractivity (Wildman–Crippen MR) is 122 cm³/mol. The molecule has 3 rings (SSSR count). The van der Waals surface area contributed by atoms with Crippen LogP contribution in [0.3, 0.4) is 0 Å². The van der Waals surface area contributed by atoms with Crippen molar-refractivity contribution in [3.8, 4) is 0 Å². The molecule has 5 nitrogen and oxygen atoms in total. The Hall–Kier alpha value is -2.87. The standard InChI is InChI=1S/C22H20IN3O2/c1-15-11-12-17(25-22(28)16-7-3-2-4-8-16)13-20(15)24-14-21(27)26-19-10-6-5-9-18(19)23/h2-13,24H,14H2,1H3,(H,25,28)(H,26,27). The lowest BCUT2D eigenvalue weighted by molar-refractivity contribution is -0.114. The van der Waals surface area contributed by atoms with E-state index in [2.05, 4.69) is 38.5 Å². The maximum Gasteiger partial charge on any atom is 0.255 e. The number of halogens is 1. The number of hydrogen-bond donors (Lipinski definition) is 3. The second-order valence-electron chi connectivity index (χ2n) is 6.23. The Morgan fingerprint density at radius 2 is 1.57 bits per heavy atom. The number of nitrogens with one attached hydrogen (secondary N) is 3. The lowest BCUT2D eigenvalue weighted by atomic mass is 10.1. The van der Waals surface area contributed by atoms with Gasteiger partial charge in [-0.2, -0.15) is 0 Å². The van der Waals surface area contributed by atoms with Gasteiger partial charge in [-0.15, -0.1) is 0 Å². The largest absolute Gasteiger partial charge is 0.376 e. The number of carbonyl (C=O) groups excluding carboxylic acids is 2. The third kappa shape index (κ3) is 5.32. The van der Waals surface area contributed by atoms with Gasteiger partial charge in [-0.3, -0.25) is 9.59 Å². The van der Waals surface area contributed by atoms with Crippen molar-refractivity contribution >= 4 is 51.5 Å². The smallest absolute Gasteiger partial charge is 0.255 e. The molecule has 3 aromatic carbocycles. The van der Waals surface area contributed by atoms with E-state index in [4.69, 9.17) is 0 Å². The zero-order valence-electron chi connectivity index (χ0n) is 15.3. The Bertz CT molecular complexity index is 990. The molecule has 0 atom stereocenters. The molecule has 6 heteroatoms. The molecule has 3 N–H and O–H groups in total. The molecule has 0 fully saturated rings. The lowest BCUT2D eigenvalue weighted by Gasteiger charge is -2.13. The second kappa shape index (κ2) is 9.36. The van der Waals surface area contributed by atoms with Crippen molar-refractivity contribution in [2.45, 2.75) is 6.92 Å². The molecule has 0 saturated carbocycles. The first kappa shape index (κ1) is 19.9. The summed E-state index contributed by atoms with van der Waals surface area (Å²) < 4.78 is 0.982. The molecule has 0 aliphatic heterocycles. The van der Waals surface area contributed by atoms with E-state index in [-0.39, 0.29) is 18.4 Å². The van der Waals surface area contributed by atoms with Crippen LogP contribution in [0.5, 0.6) is 0 Å². The van der Waals surface area contributed by atoms with Crippen LogP contribution >= 0.6 is 22.6 Å². The minimum Gasteiger partial charge on any atom is -0.376 e. The SMILES string of the molecule is Cc1ccc(NC(=O)c2ccccc2)cc1NCC(=O)Nc1ccccc1I. The first-order valence-electron chi connectivity index (χ1n) is 8.78. The maximum absolute atomic E-state index is 12.3. The summed E-state index contributed by atoms with van der Waals surface area (Å²) in [6.07, 6.45) is 0. The fourth-order valence-corrected chi connectivity index (χ4v) is 3.14. The van der Waals surface area contributed by atoms with E-state index in [0.717, 1.165) is 20.5 Å².